The van der Waals surface area contributed by atoms with E-state index < -0.39 is 5.97 Å². The average Bonchev–Trinajstić information content (AvgIpc) is 2.88. The van der Waals surface area contributed by atoms with Gasteiger partial charge in [-0.25, -0.2) is 4.79 Å². The highest BCUT2D eigenvalue weighted by Gasteiger charge is 2.13. The fourth-order valence-electron chi connectivity index (χ4n) is 2.27. The second kappa shape index (κ2) is 6.72. The molecule has 0 bridgehead atoms. The van der Waals surface area contributed by atoms with Crippen LogP contribution in [0.15, 0.2) is 18.2 Å². The molecule has 0 unspecified atom stereocenters. The zero-order chi connectivity index (χ0) is 14.5. The van der Waals surface area contributed by atoms with E-state index in [-0.39, 0.29) is 11.5 Å². The Hall–Kier alpha value is -1.59. The molecule has 1 heterocycles. The number of hydrogen-bond acceptors (Lipinski definition) is 3. The standard InChI is InChI=1S/C14H17ClN2O3/c15-11-7-10(14(19)20)8-12(9-11)16-13(18)3-6-17-4-1-2-5-17/h7-9H,1-6H2,(H,16,18)(H,19,20). The fraction of sp³-hybridized carbons (Fsp3) is 0.429. The van der Waals surface area contributed by atoms with Crippen molar-refractivity contribution in [2.24, 2.45) is 0 Å². The first-order valence-corrected chi connectivity index (χ1v) is 6.98. The Labute approximate surface area is 122 Å². The molecule has 6 heteroatoms. The van der Waals surface area contributed by atoms with E-state index in [0.29, 0.717) is 17.1 Å². The molecule has 1 amide bonds. The summed E-state index contributed by atoms with van der Waals surface area (Å²) in [4.78, 5) is 25.0. The maximum absolute atomic E-state index is 11.8. The number of halogens is 1. The molecule has 20 heavy (non-hydrogen) atoms. The normalized spacial score (nSPS) is 15.2. The van der Waals surface area contributed by atoms with E-state index in [2.05, 4.69) is 10.2 Å². The van der Waals surface area contributed by atoms with Crippen LogP contribution in [0.1, 0.15) is 29.6 Å². The molecule has 2 N–H and O–H groups in total. The van der Waals surface area contributed by atoms with E-state index in [1.54, 1.807) is 6.07 Å². The molecule has 0 saturated carbocycles. The summed E-state index contributed by atoms with van der Waals surface area (Å²) in [5.41, 5.74) is 0.480. The number of rotatable bonds is 5. The molecule has 108 valence electrons. The van der Waals surface area contributed by atoms with E-state index in [9.17, 15) is 9.59 Å². The summed E-state index contributed by atoms with van der Waals surface area (Å²) in [6.45, 7) is 2.83. The molecule has 1 aliphatic rings. The summed E-state index contributed by atoms with van der Waals surface area (Å²) in [6, 6.07) is 4.30. The van der Waals surface area contributed by atoms with Gasteiger partial charge in [0, 0.05) is 23.7 Å². The van der Waals surface area contributed by atoms with Gasteiger partial charge >= 0.3 is 5.97 Å². The van der Waals surface area contributed by atoms with Crippen LogP contribution in [0.4, 0.5) is 5.69 Å². The van der Waals surface area contributed by atoms with Crippen LogP contribution in [0, 0.1) is 0 Å². The maximum atomic E-state index is 11.8. The topological polar surface area (TPSA) is 69.6 Å². The molecule has 1 saturated heterocycles. The lowest BCUT2D eigenvalue weighted by Crippen LogP contribution is -2.25. The average molecular weight is 297 g/mol. The minimum absolute atomic E-state index is 0.0624. The van der Waals surface area contributed by atoms with Gasteiger partial charge in [-0.15, -0.1) is 0 Å². The van der Waals surface area contributed by atoms with Gasteiger partial charge in [-0.2, -0.15) is 0 Å². The van der Waals surface area contributed by atoms with E-state index in [1.165, 1.54) is 25.0 Å². The van der Waals surface area contributed by atoms with Crippen LogP contribution in [0.5, 0.6) is 0 Å². The van der Waals surface area contributed by atoms with Gasteiger partial charge in [0.1, 0.15) is 0 Å². The number of carbonyl (C=O) groups is 2. The van der Waals surface area contributed by atoms with Crippen molar-refractivity contribution in [3.05, 3.63) is 28.8 Å². The summed E-state index contributed by atoms with van der Waals surface area (Å²) >= 11 is 5.84. The lowest BCUT2D eigenvalue weighted by atomic mass is 10.2. The molecule has 1 aromatic rings. The number of carboxylic acids is 1. The third kappa shape index (κ3) is 4.21. The smallest absolute Gasteiger partial charge is 0.335 e. The van der Waals surface area contributed by atoms with E-state index in [1.807, 2.05) is 0 Å². The van der Waals surface area contributed by atoms with Crippen LogP contribution < -0.4 is 5.32 Å². The predicted molar refractivity (Wildman–Crippen MR) is 77.3 cm³/mol. The second-order valence-electron chi connectivity index (χ2n) is 4.88. The molecule has 0 radical (unpaired) electrons. The Bertz CT molecular complexity index is 513. The molecular formula is C14H17ClN2O3. The Morgan fingerprint density at radius 3 is 2.60 bits per heavy atom. The van der Waals surface area contributed by atoms with Gasteiger partial charge in [-0.1, -0.05) is 11.6 Å². The van der Waals surface area contributed by atoms with Crippen LogP contribution in [0.3, 0.4) is 0 Å². The van der Waals surface area contributed by atoms with Gasteiger partial charge in [-0.3, -0.25) is 4.79 Å². The molecule has 1 aliphatic heterocycles. The summed E-state index contributed by atoms with van der Waals surface area (Å²) in [7, 11) is 0. The summed E-state index contributed by atoms with van der Waals surface area (Å²) in [5.74, 6) is -1.20. The molecule has 0 atom stereocenters. The van der Waals surface area contributed by atoms with Gasteiger partial charge in [-0.05, 0) is 44.1 Å². The maximum Gasteiger partial charge on any atom is 0.335 e. The third-order valence-electron chi connectivity index (χ3n) is 3.28. The number of anilines is 1. The highest BCUT2D eigenvalue weighted by molar-refractivity contribution is 6.31. The number of carboxylic acid groups (broad SMARTS) is 1. The number of carbonyl (C=O) groups excluding carboxylic acids is 1. The molecule has 1 fully saturated rings. The minimum atomic E-state index is -1.07. The quantitative estimate of drug-likeness (QED) is 0.876. The Morgan fingerprint density at radius 2 is 1.95 bits per heavy atom. The predicted octanol–water partition coefficient (Wildman–Crippen LogP) is 2.46. The molecule has 0 spiro atoms. The van der Waals surface area contributed by atoms with Crippen LogP contribution >= 0.6 is 11.6 Å². The molecular weight excluding hydrogens is 280 g/mol. The highest BCUT2D eigenvalue weighted by atomic mass is 35.5. The number of nitrogens with one attached hydrogen (secondary N) is 1. The first-order valence-electron chi connectivity index (χ1n) is 6.61. The third-order valence-corrected chi connectivity index (χ3v) is 3.50. The van der Waals surface area contributed by atoms with Crippen LogP contribution in [-0.2, 0) is 4.79 Å². The van der Waals surface area contributed by atoms with Gasteiger partial charge in [0.05, 0.1) is 5.56 Å². The van der Waals surface area contributed by atoms with Gasteiger partial charge in [0.2, 0.25) is 5.91 Å². The minimum Gasteiger partial charge on any atom is -0.478 e. The number of amides is 1. The molecule has 0 aliphatic carbocycles. The number of aromatic carboxylic acids is 1. The second-order valence-corrected chi connectivity index (χ2v) is 5.32. The van der Waals surface area contributed by atoms with Crippen molar-refractivity contribution < 1.29 is 14.7 Å². The van der Waals surface area contributed by atoms with Crippen molar-refractivity contribution in [1.29, 1.82) is 0 Å². The molecule has 0 aromatic heterocycles. The Balaban J connectivity index is 1.91. The van der Waals surface area contributed by atoms with Crippen LogP contribution in [-0.4, -0.2) is 41.5 Å². The Morgan fingerprint density at radius 1 is 1.25 bits per heavy atom. The van der Waals surface area contributed by atoms with Crippen molar-refractivity contribution in [3.63, 3.8) is 0 Å². The Kier molecular flexibility index (Phi) is 4.98. The SMILES string of the molecule is O=C(CCN1CCCC1)Nc1cc(Cl)cc(C(=O)O)c1. The molecule has 2 rings (SSSR count). The summed E-state index contributed by atoms with van der Waals surface area (Å²) in [5, 5.41) is 11.9. The van der Waals surface area contributed by atoms with Crippen molar-refractivity contribution in [2.45, 2.75) is 19.3 Å². The van der Waals surface area contributed by atoms with E-state index >= 15 is 0 Å². The molecule has 1 aromatic carbocycles. The van der Waals surface area contributed by atoms with Crippen molar-refractivity contribution in [1.82, 2.24) is 4.90 Å². The first kappa shape index (κ1) is 14.8. The summed E-state index contributed by atoms with van der Waals surface area (Å²) < 4.78 is 0. The van der Waals surface area contributed by atoms with Gasteiger partial charge in [0.15, 0.2) is 0 Å². The monoisotopic (exact) mass is 296 g/mol. The van der Waals surface area contributed by atoms with Crippen molar-refractivity contribution >= 4 is 29.2 Å². The van der Waals surface area contributed by atoms with E-state index in [0.717, 1.165) is 19.6 Å². The van der Waals surface area contributed by atoms with Crippen molar-refractivity contribution in [3.8, 4) is 0 Å². The number of hydrogen-bond donors (Lipinski definition) is 2. The fourth-order valence-corrected chi connectivity index (χ4v) is 2.51. The molecule has 5 nitrogen and oxygen atoms in total. The van der Waals surface area contributed by atoms with Crippen molar-refractivity contribution in [2.75, 3.05) is 25.0 Å². The summed E-state index contributed by atoms with van der Waals surface area (Å²) in [6.07, 6.45) is 2.78. The highest BCUT2D eigenvalue weighted by Crippen LogP contribution is 2.19. The zero-order valence-corrected chi connectivity index (χ0v) is 11.8. The number of benzene rings is 1. The lowest BCUT2D eigenvalue weighted by Gasteiger charge is -2.14. The van der Waals surface area contributed by atoms with E-state index in [4.69, 9.17) is 16.7 Å². The van der Waals surface area contributed by atoms with Crippen LogP contribution in [0.25, 0.3) is 0 Å². The zero-order valence-electron chi connectivity index (χ0n) is 11.1. The van der Waals surface area contributed by atoms with Gasteiger partial charge in [0.25, 0.3) is 0 Å². The lowest BCUT2D eigenvalue weighted by molar-refractivity contribution is -0.116. The van der Waals surface area contributed by atoms with Gasteiger partial charge < -0.3 is 15.3 Å². The number of nitrogens with zero attached hydrogens (tertiary/aromatic N) is 1. The van der Waals surface area contributed by atoms with Crippen LogP contribution in [0.2, 0.25) is 5.02 Å². The largest absolute Gasteiger partial charge is 0.478 e. The number of likely N-dealkylation sites (tertiary alicyclic amines) is 1. The first-order chi connectivity index (χ1) is 9.54.